The Morgan fingerprint density at radius 1 is 1.43 bits per heavy atom. The molecule has 28 heavy (non-hydrogen) atoms. The second-order valence-electron chi connectivity index (χ2n) is 6.94. The molecule has 1 aliphatic rings. The van der Waals surface area contributed by atoms with Gasteiger partial charge in [-0.3, -0.25) is 9.69 Å². The number of hydrogen-bond donors (Lipinski definition) is 1. The number of carbonyl (C=O) groups excluding carboxylic acids is 1. The zero-order valence-electron chi connectivity index (χ0n) is 16.0. The minimum atomic E-state index is -0.406. The molecule has 2 unspecified atom stereocenters. The third-order valence-corrected chi connectivity index (χ3v) is 6.20. The fraction of sp³-hybridized carbons (Fsp3) is 0.450. The van der Waals surface area contributed by atoms with E-state index in [9.17, 15) is 9.18 Å². The van der Waals surface area contributed by atoms with E-state index in [-0.39, 0.29) is 24.4 Å². The molecule has 0 radical (unpaired) electrons. The molecule has 2 atom stereocenters. The second-order valence-corrected chi connectivity index (χ2v) is 8.14. The van der Waals surface area contributed by atoms with Crippen molar-refractivity contribution in [2.24, 2.45) is 0 Å². The number of aryl methyl sites for hydroxylation is 2. The van der Waals surface area contributed by atoms with Crippen molar-refractivity contribution in [2.45, 2.75) is 32.9 Å². The number of nitrogens with one attached hydrogen (secondary N) is 1. The molecule has 1 fully saturated rings. The summed E-state index contributed by atoms with van der Waals surface area (Å²) in [7, 11) is 0. The average molecular weight is 474 g/mol. The van der Waals surface area contributed by atoms with E-state index in [4.69, 9.17) is 20.8 Å². The highest BCUT2D eigenvalue weighted by Crippen LogP contribution is 2.32. The molecule has 1 N–H and O–H groups in total. The molecule has 8 heteroatoms. The highest BCUT2D eigenvalue weighted by atomic mass is 79.9. The number of carbonyl (C=O) groups is 1. The first-order valence-corrected chi connectivity index (χ1v) is 10.3. The van der Waals surface area contributed by atoms with Gasteiger partial charge in [0.1, 0.15) is 17.3 Å². The number of rotatable bonds is 5. The molecule has 152 valence electrons. The topological polar surface area (TPSA) is 54.7 Å². The largest absolute Gasteiger partial charge is 0.465 e. The highest BCUT2D eigenvalue weighted by molar-refractivity contribution is 9.10. The normalized spacial score (nSPS) is 18.9. The Labute approximate surface area is 177 Å². The van der Waals surface area contributed by atoms with Crippen LogP contribution in [0, 0.1) is 19.7 Å². The monoisotopic (exact) mass is 472 g/mol. The lowest BCUT2D eigenvalue weighted by Crippen LogP contribution is -2.47. The standard InChI is InChI=1S/C20H23BrClFN2O3/c1-11-10-25(7-8-27-11)16(18-14(22)5-4-6-15(18)23)9-24-20(26)17-12(2)28-13(3)19(17)21/h4-6,11,16H,7-10H2,1-3H3,(H,24,26). The van der Waals surface area contributed by atoms with Gasteiger partial charge in [0.05, 0.1) is 28.8 Å². The molecule has 1 amide bonds. The van der Waals surface area contributed by atoms with Gasteiger partial charge >= 0.3 is 0 Å². The first-order chi connectivity index (χ1) is 13.3. The van der Waals surface area contributed by atoms with Crippen molar-refractivity contribution in [1.29, 1.82) is 0 Å². The lowest BCUT2D eigenvalue weighted by atomic mass is 10.0. The van der Waals surface area contributed by atoms with Crippen molar-refractivity contribution in [3.63, 3.8) is 0 Å². The Bertz CT molecular complexity index is 853. The lowest BCUT2D eigenvalue weighted by Gasteiger charge is -2.38. The fourth-order valence-corrected chi connectivity index (χ4v) is 4.39. The number of amides is 1. The second kappa shape index (κ2) is 8.95. The Morgan fingerprint density at radius 3 is 2.79 bits per heavy atom. The molecule has 2 aromatic rings. The van der Waals surface area contributed by atoms with Crippen LogP contribution < -0.4 is 5.32 Å². The van der Waals surface area contributed by atoms with E-state index in [0.717, 1.165) is 0 Å². The maximum atomic E-state index is 14.7. The van der Waals surface area contributed by atoms with E-state index in [1.54, 1.807) is 26.0 Å². The van der Waals surface area contributed by atoms with Gasteiger partial charge in [-0.25, -0.2) is 4.39 Å². The molecule has 0 aliphatic carbocycles. The zero-order valence-corrected chi connectivity index (χ0v) is 18.4. The predicted molar refractivity (Wildman–Crippen MR) is 109 cm³/mol. The number of benzene rings is 1. The molecule has 1 aromatic carbocycles. The van der Waals surface area contributed by atoms with Gasteiger partial charge in [-0.2, -0.15) is 0 Å². The molecule has 1 saturated heterocycles. The van der Waals surface area contributed by atoms with Crippen LogP contribution in [0.4, 0.5) is 4.39 Å². The third kappa shape index (κ3) is 4.43. The van der Waals surface area contributed by atoms with Crippen LogP contribution in [0.2, 0.25) is 5.02 Å². The van der Waals surface area contributed by atoms with Gasteiger partial charge in [0.2, 0.25) is 0 Å². The first-order valence-electron chi connectivity index (χ1n) is 9.12. The van der Waals surface area contributed by atoms with Crippen LogP contribution in [0.3, 0.4) is 0 Å². The maximum absolute atomic E-state index is 14.7. The molecule has 3 rings (SSSR count). The van der Waals surface area contributed by atoms with Crippen LogP contribution in [0.25, 0.3) is 0 Å². The SMILES string of the molecule is Cc1oc(C)c(C(=O)NCC(c2c(F)cccc2Cl)N2CCOC(C)C2)c1Br. The molecule has 5 nitrogen and oxygen atoms in total. The zero-order chi connectivity index (χ0) is 20.4. The molecule has 2 heterocycles. The summed E-state index contributed by atoms with van der Waals surface area (Å²) < 4.78 is 26.4. The van der Waals surface area contributed by atoms with Crippen molar-refractivity contribution in [1.82, 2.24) is 10.2 Å². The third-order valence-electron chi connectivity index (χ3n) is 4.92. The molecule has 1 aromatic heterocycles. The lowest BCUT2D eigenvalue weighted by molar-refractivity contribution is -0.0346. The summed E-state index contributed by atoms with van der Waals surface area (Å²) in [6.07, 6.45) is 0.0189. The number of hydrogen-bond acceptors (Lipinski definition) is 4. The van der Waals surface area contributed by atoms with E-state index in [1.807, 2.05) is 6.92 Å². The van der Waals surface area contributed by atoms with Crippen molar-refractivity contribution >= 4 is 33.4 Å². The minimum absolute atomic E-state index is 0.0189. The van der Waals surface area contributed by atoms with Crippen LogP contribution >= 0.6 is 27.5 Å². The Morgan fingerprint density at radius 2 is 2.18 bits per heavy atom. The van der Waals surface area contributed by atoms with Crippen LogP contribution in [0.1, 0.15) is 40.4 Å². The highest BCUT2D eigenvalue weighted by Gasteiger charge is 2.30. The number of ether oxygens (including phenoxy) is 1. The summed E-state index contributed by atoms with van der Waals surface area (Å²) >= 11 is 9.73. The van der Waals surface area contributed by atoms with Crippen molar-refractivity contribution in [3.05, 3.63) is 56.2 Å². The first kappa shape index (κ1) is 21.3. The molecule has 0 spiro atoms. The Hall–Kier alpha value is -1.41. The molecule has 0 bridgehead atoms. The van der Waals surface area contributed by atoms with Crippen LogP contribution in [-0.4, -0.2) is 43.2 Å². The predicted octanol–water partition coefficient (Wildman–Crippen LogP) is 4.64. The van der Waals surface area contributed by atoms with Gasteiger partial charge in [0, 0.05) is 30.2 Å². The van der Waals surface area contributed by atoms with E-state index < -0.39 is 6.04 Å². The summed E-state index contributed by atoms with van der Waals surface area (Å²) in [6, 6.07) is 4.22. The van der Waals surface area contributed by atoms with Gasteiger partial charge in [-0.1, -0.05) is 17.7 Å². The maximum Gasteiger partial charge on any atom is 0.256 e. The average Bonchev–Trinajstić information content (AvgIpc) is 2.89. The summed E-state index contributed by atoms with van der Waals surface area (Å²) in [5, 5.41) is 3.26. The van der Waals surface area contributed by atoms with Crippen molar-refractivity contribution in [2.75, 3.05) is 26.2 Å². The number of furan rings is 1. The number of halogens is 3. The van der Waals surface area contributed by atoms with E-state index in [2.05, 4.69) is 26.1 Å². The molecular formula is C20H23BrClFN2O3. The Balaban J connectivity index is 1.86. The summed E-state index contributed by atoms with van der Waals surface area (Å²) in [5.74, 6) is 0.503. The van der Waals surface area contributed by atoms with E-state index in [1.165, 1.54) is 6.07 Å². The van der Waals surface area contributed by atoms with Crippen molar-refractivity contribution in [3.8, 4) is 0 Å². The van der Waals surface area contributed by atoms with Gasteiger partial charge in [-0.15, -0.1) is 0 Å². The van der Waals surface area contributed by atoms with Gasteiger partial charge in [-0.05, 0) is 48.8 Å². The summed E-state index contributed by atoms with van der Waals surface area (Å²) in [5.41, 5.74) is 0.837. The fourth-order valence-electron chi connectivity index (χ4n) is 3.56. The van der Waals surface area contributed by atoms with Crippen LogP contribution in [-0.2, 0) is 4.74 Å². The molecule has 1 aliphatic heterocycles. The smallest absolute Gasteiger partial charge is 0.256 e. The van der Waals surface area contributed by atoms with E-state index in [0.29, 0.717) is 51.8 Å². The summed E-state index contributed by atoms with van der Waals surface area (Å²) in [6.45, 7) is 7.50. The Kier molecular flexibility index (Phi) is 6.81. The molecular weight excluding hydrogens is 451 g/mol. The van der Waals surface area contributed by atoms with Crippen molar-refractivity contribution < 1.29 is 18.3 Å². The van der Waals surface area contributed by atoms with Crippen LogP contribution in [0.5, 0.6) is 0 Å². The minimum Gasteiger partial charge on any atom is -0.465 e. The quantitative estimate of drug-likeness (QED) is 0.687. The number of morpholine rings is 1. The van der Waals surface area contributed by atoms with Gasteiger partial charge in [0.15, 0.2) is 0 Å². The van der Waals surface area contributed by atoms with E-state index >= 15 is 0 Å². The van der Waals surface area contributed by atoms with Crippen LogP contribution in [0.15, 0.2) is 27.1 Å². The van der Waals surface area contributed by atoms with Gasteiger partial charge in [0.25, 0.3) is 5.91 Å². The number of nitrogens with zero attached hydrogens (tertiary/aromatic N) is 1. The van der Waals surface area contributed by atoms with Gasteiger partial charge < -0.3 is 14.5 Å². The molecule has 0 saturated carbocycles. The summed E-state index contributed by atoms with van der Waals surface area (Å²) in [4.78, 5) is 14.9.